The molecule has 2 aromatic rings. The molecule has 0 fully saturated rings. The van der Waals surface area contributed by atoms with Crippen molar-refractivity contribution in [2.75, 3.05) is 68.6 Å². The van der Waals surface area contributed by atoms with E-state index >= 15 is 0 Å². The highest BCUT2D eigenvalue weighted by Crippen LogP contribution is 2.23. The van der Waals surface area contributed by atoms with E-state index in [1.807, 2.05) is 53.4 Å². The molecule has 0 atom stereocenters. The van der Waals surface area contributed by atoms with Gasteiger partial charge in [0, 0.05) is 68.8 Å². The van der Waals surface area contributed by atoms with Gasteiger partial charge in [-0.3, -0.25) is 4.79 Å². The predicted molar refractivity (Wildman–Crippen MR) is 157 cm³/mol. The van der Waals surface area contributed by atoms with Gasteiger partial charge in [0.1, 0.15) is 0 Å². The number of aliphatic hydroxyl groups excluding tert-OH is 2. The Morgan fingerprint density at radius 2 is 1.67 bits per heavy atom. The summed E-state index contributed by atoms with van der Waals surface area (Å²) in [7, 11) is 2.06. The molecule has 0 bridgehead atoms. The first kappa shape index (κ1) is 27.7. The van der Waals surface area contributed by atoms with Crippen LogP contribution in [0.15, 0.2) is 89.5 Å². The molecule has 10 heteroatoms. The molecule has 0 saturated carbocycles. The van der Waals surface area contributed by atoms with Gasteiger partial charge in [-0.15, -0.1) is 0 Å². The maximum Gasteiger partial charge on any atom is 0.204 e. The third-order valence-corrected chi connectivity index (χ3v) is 6.38. The molecule has 0 aromatic heterocycles. The summed E-state index contributed by atoms with van der Waals surface area (Å²) >= 11 is 0. The average Bonchev–Trinajstić information content (AvgIpc) is 3.35. The minimum atomic E-state index is -0.214. The first-order valence-electron chi connectivity index (χ1n) is 13.1. The van der Waals surface area contributed by atoms with Gasteiger partial charge in [0.25, 0.3) is 0 Å². The summed E-state index contributed by atoms with van der Waals surface area (Å²) in [6.07, 6.45) is 8.26. The fraction of sp³-hybridized carbons (Fsp3) is 0.310. The Bertz CT molecular complexity index is 1230. The van der Waals surface area contributed by atoms with Crippen LogP contribution in [0, 0.1) is 0 Å². The van der Waals surface area contributed by atoms with Gasteiger partial charge in [-0.1, -0.05) is 0 Å². The second-order valence-electron chi connectivity index (χ2n) is 9.46. The molecular weight excluding hydrogens is 494 g/mol. The molecule has 0 amide bonds. The van der Waals surface area contributed by atoms with Gasteiger partial charge in [-0.05, 0) is 61.0 Å². The smallest absolute Gasteiger partial charge is 0.204 e. The Balaban J connectivity index is 1.35. The molecule has 1 heterocycles. The number of nitrogens with two attached hydrogens (primary N) is 1. The third-order valence-electron chi connectivity index (χ3n) is 6.38. The molecule has 10 nitrogen and oxygen atoms in total. The van der Waals surface area contributed by atoms with E-state index in [1.165, 1.54) is 6.08 Å². The zero-order valence-electron chi connectivity index (χ0n) is 22.3. The molecular formula is C29H37N7O3. The summed E-state index contributed by atoms with van der Waals surface area (Å²) in [5.74, 6) is -0.214. The van der Waals surface area contributed by atoms with Crippen LogP contribution in [0.5, 0.6) is 0 Å². The van der Waals surface area contributed by atoms with Crippen molar-refractivity contribution in [2.24, 2.45) is 10.7 Å². The van der Waals surface area contributed by atoms with E-state index in [0.717, 1.165) is 43.2 Å². The van der Waals surface area contributed by atoms with Crippen LogP contribution in [-0.2, 0) is 4.79 Å². The molecule has 6 N–H and O–H groups in total. The molecule has 0 unspecified atom stereocenters. The Morgan fingerprint density at radius 3 is 2.31 bits per heavy atom. The fourth-order valence-corrected chi connectivity index (χ4v) is 4.34. The van der Waals surface area contributed by atoms with Crippen molar-refractivity contribution in [1.82, 2.24) is 9.80 Å². The van der Waals surface area contributed by atoms with Crippen LogP contribution in [0.2, 0.25) is 0 Å². The number of aliphatic hydroxyl groups is 2. The van der Waals surface area contributed by atoms with E-state index in [1.54, 1.807) is 6.08 Å². The highest BCUT2D eigenvalue weighted by atomic mass is 16.3. The van der Waals surface area contributed by atoms with Crippen molar-refractivity contribution in [2.45, 2.75) is 6.42 Å². The van der Waals surface area contributed by atoms with Crippen molar-refractivity contribution in [3.63, 3.8) is 0 Å². The molecule has 2 aromatic carbocycles. The predicted octanol–water partition coefficient (Wildman–Crippen LogP) is 2.45. The van der Waals surface area contributed by atoms with Crippen LogP contribution in [0.4, 0.5) is 22.7 Å². The minimum Gasteiger partial charge on any atom is -0.397 e. The van der Waals surface area contributed by atoms with E-state index < -0.39 is 0 Å². The molecule has 1 aliphatic carbocycles. The Morgan fingerprint density at radius 1 is 0.974 bits per heavy atom. The lowest BCUT2D eigenvalue weighted by Crippen LogP contribution is -2.29. The molecule has 0 saturated heterocycles. The number of nitrogens with zero attached hydrogens (tertiary/aromatic N) is 4. The van der Waals surface area contributed by atoms with E-state index in [0.29, 0.717) is 35.9 Å². The monoisotopic (exact) mass is 531 g/mol. The van der Waals surface area contributed by atoms with Crippen LogP contribution < -0.4 is 21.3 Å². The number of hydrogen-bond acceptors (Lipinski definition) is 10. The highest BCUT2D eigenvalue weighted by Gasteiger charge is 2.17. The lowest BCUT2D eigenvalue weighted by Gasteiger charge is -2.22. The quantitative estimate of drug-likeness (QED) is 0.195. The second-order valence-corrected chi connectivity index (χ2v) is 9.46. The van der Waals surface area contributed by atoms with Crippen molar-refractivity contribution in [1.29, 1.82) is 0 Å². The van der Waals surface area contributed by atoms with Crippen molar-refractivity contribution < 1.29 is 15.0 Å². The summed E-state index contributed by atoms with van der Waals surface area (Å²) in [6, 6.07) is 15.2. The number of hydrogen-bond donors (Lipinski definition) is 5. The van der Waals surface area contributed by atoms with Gasteiger partial charge in [0.2, 0.25) is 5.78 Å². The number of carbonyl (C=O) groups excluding carboxylic acids is 1. The van der Waals surface area contributed by atoms with Gasteiger partial charge in [-0.25, -0.2) is 4.99 Å². The summed E-state index contributed by atoms with van der Waals surface area (Å²) in [6.45, 7) is 3.65. The lowest BCUT2D eigenvalue weighted by atomic mass is 10.1. The van der Waals surface area contributed by atoms with Crippen LogP contribution in [0.25, 0.3) is 0 Å². The Kier molecular flexibility index (Phi) is 9.60. The molecule has 206 valence electrons. The molecule has 1 aliphatic heterocycles. The zero-order valence-corrected chi connectivity index (χ0v) is 22.3. The summed E-state index contributed by atoms with van der Waals surface area (Å²) in [4.78, 5) is 23.5. The number of carbonyl (C=O) groups is 1. The van der Waals surface area contributed by atoms with Gasteiger partial charge in [0.05, 0.1) is 42.7 Å². The normalized spacial score (nSPS) is 16.0. The van der Waals surface area contributed by atoms with E-state index in [9.17, 15) is 15.0 Å². The third kappa shape index (κ3) is 7.86. The number of benzene rings is 2. The number of aliphatic imine (C=N–C) groups is 1. The standard InChI is InChI=1S/C29H37N7O3/c1-34-13-14-35(21-34)12-2-11-31-22-3-5-23(6-4-22)33-28-20-27(26(30)19-29(28)39)32-24-7-9-25(10-8-24)36(15-17-37)16-18-38/h3-10,13-14,19-20,31,33,37-38H,2,11-12,15-18,21,30H2,1H3. The van der Waals surface area contributed by atoms with E-state index in [2.05, 4.69) is 44.9 Å². The molecule has 4 rings (SSSR count). The first-order chi connectivity index (χ1) is 18.9. The van der Waals surface area contributed by atoms with E-state index in [4.69, 9.17) is 5.73 Å². The SMILES string of the molecule is CN1C=CN(CCCNc2ccc(NC3=CC(=Nc4ccc(N(CCO)CCO)cc4)C(N)=CC3=O)cc2)C1. The maximum absolute atomic E-state index is 12.6. The zero-order chi connectivity index (χ0) is 27.6. The number of allylic oxidation sites excluding steroid dienone is 2. The van der Waals surface area contributed by atoms with Crippen LogP contribution in [-0.4, -0.2) is 84.6 Å². The number of rotatable bonds is 13. The number of anilines is 3. The van der Waals surface area contributed by atoms with E-state index in [-0.39, 0.29) is 19.0 Å². The van der Waals surface area contributed by atoms with Gasteiger partial charge in [0.15, 0.2) is 0 Å². The van der Waals surface area contributed by atoms with Crippen LogP contribution in [0.1, 0.15) is 6.42 Å². The maximum atomic E-state index is 12.6. The van der Waals surface area contributed by atoms with Gasteiger partial charge in [-0.2, -0.15) is 0 Å². The molecule has 2 aliphatic rings. The largest absolute Gasteiger partial charge is 0.397 e. The molecule has 0 spiro atoms. The molecule has 39 heavy (non-hydrogen) atoms. The van der Waals surface area contributed by atoms with Crippen LogP contribution in [0.3, 0.4) is 0 Å². The lowest BCUT2D eigenvalue weighted by molar-refractivity contribution is -0.111. The van der Waals surface area contributed by atoms with Crippen molar-refractivity contribution >= 4 is 34.2 Å². The number of nitrogens with one attached hydrogen (secondary N) is 2. The van der Waals surface area contributed by atoms with Crippen molar-refractivity contribution in [3.8, 4) is 0 Å². The fourth-order valence-electron chi connectivity index (χ4n) is 4.34. The topological polar surface area (TPSA) is 130 Å². The Hall–Kier alpha value is -4.28. The highest BCUT2D eigenvalue weighted by molar-refractivity contribution is 6.23. The average molecular weight is 532 g/mol. The van der Waals surface area contributed by atoms with Gasteiger partial charge >= 0.3 is 0 Å². The second kappa shape index (κ2) is 13.5. The minimum absolute atomic E-state index is 0.00570. The summed E-state index contributed by atoms with van der Waals surface area (Å²) in [5.41, 5.74) is 10.6. The summed E-state index contributed by atoms with van der Waals surface area (Å²) < 4.78 is 0. The van der Waals surface area contributed by atoms with Crippen molar-refractivity contribution in [3.05, 3.63) is 84.5 Å². The Labute approximate surface area is 229 Å². The van der Waals surface area contributed by atoms with Crippen LogP contribution >= 0.6 is 0 Å². The number of ketones is 1. The summed E-state index contributed by atoms with van der Waals surface area (Å²) in [5, 5.41) is 25.1. The molecule has 0 radical (unpaired) electrons. The first-order valence-corrected chi connectivity index (χ1v) is 13.1. The van der Waals surface area contributed by atoms with Gasteiger partial charge < -0.3 is 41.3 Å².